The molecule has 1 atom stereocenters. The number of carbonyl (C=O) groups excluding carboxylic acids is 1. The monoisotopic (exact) mass is 458 g/mol. The van der Waals surface area contributed by atoms with Gasteiger partial charge in [-0.1, -0.05) is 29.1 Å². The smallest absolute Gasteiger partial charge is 0.360 e. The summed E-state index contributed by atoms with van der Waals surface area (Å²) < 4.78 is 43.4. The Labute approximate surface area is 180 Å². The lowest BCUT2D eigenvalue weighted by atomic mass is 10.2. The maximum absolute atomic E-state index is 12.7. The number of nitrogens with one attached hydrogen (secondary N) is 1. The summed E-state index contributed by atoms with van der Waals surface area (Å²) in [4.78, 5) is 18.8. The average molecular weight is 459 g/mol. The van der Waals surface area contributed by atoms with Gasteiger partial charge in [-0.05, 0) is 19.1 Å². The summed E-state index contributed by atoms with van der Waals surface area (Å²) in [6.45, 7) is 2.48. The molecule has 1 N–H and O–H groups in total. The van der Waals surface area contributed by atoms with Crippen LogP contribution in [-0.2, 0) is 5.75 Å². The van der Waals surface area contributed by atoms with Gasteiger partial charge in [0.1, 0.15) is 5.76 Å². The van der Waals surface area contributed by atoms with Gasteiger partial charge in [-0.25, -0.2) is 4.99 Å². The van der Waals surface area contributed by atoms with Gasteiger partial charge in [0.25, 0.3) is 5.91 Å². The van der Waals surface area contributed by atoms with Gasteiger partial charge in [-0.2, -0.15) is 13.2 Å². The lowest BCUT2D eigenvalue weighted by Crippen LogP contribution is -2.35. The normalized spacial score (nSPS) is 16.4. The Balaban J connectivity index is 1.51. The highest BCUT2D eigenvalue weighted by atomic mass is 32.2. The Morgan fingerprint density at radius 1 is 1.40 bits per heavy atom. The fourth-order valence-corrected chi connectivity index (χ4v) is 4.69. The van der Waals surface area contributed by atoms with Gasteiger partial charge in [0.2, 0.25) is 0 Å². The predicted molar refractivity (Wildman–Crippen MR) is 112 cm³/mol. The van der Waals surface area contributed by atoms with Crippen LogP contribution in [0.3, 0.4) is 0 Å². The molecule has 11 heteroatoms. The number of thioether (sulfide) groups is 2. The topological polar surface area (TPSA) is 70.7 Å². The van der Waals surface area contributed by atoms with Crippen molar-refractivity contribution in [2.75, 3.05) is 25.9 Å². The molecular weight excluding hydrogens is 437 g/mol. The number of hydrogen-bond acceptors (Lipinski definition) is 7. The molecule has 1 unspecified atom stereocenters. The number of benzene rings is 1. The first kappa shape index (κ1) is 22.5. The molecule has 2 aromatic rings. The fraction of sp³-hybridized carbons (Fsp3) is 0.421. The Kier molecular flexibility index (Phi) is 7.35. The van der Waals surface area contributed by atoms with Crippen LogP contribution in [0.1, 0.15) is 21.8 Å². The molecule has 0 aliphatic carbocycles. The molecule has 0 saturated carbocycles. The number of alkyl halides is 3. The minimum atomic E-state index is -4.32. The Hall–Kier alpha value is -2.14. The second-order valence-corrected chi connectivity index (χ2v) is 8.68. The predicted octanol–water partition coefficient (Wildman–Crippen LogP) is 3.97. The van der Waals surface area contributed by atoms with E-state index in [1.807, 2.05) is 25.1 Å². The highest BCUT2D eigenvalue weighted by molar-refractivity contribution is 8.14. The third-order valence-electron chi connectivity index (χ3n) is 4.25. The zero-order chi connectivity index (χ0) is 21.7. The molecule has 1 aliphatic rings. The van der Waals surface area contributed by atoms with E-state index in [4.69, 9.17) is 4.52 Å². The second kappa shape index (κ2) is 9.78. The Bertz CT molecular complexity index is 917. The van der Waals surface area contributed by atoms with E-state index in [9.17, 15) is 18.0 Å². The largest absolute Gasteiger partial charge is 0.411 e. The summed E-state index contributed by atoms with van der Waals surface area (Å²) >= 11 is 2.55. The van der Waals surface area contributed by atoms with E-state index >= 15 is 0 Å². The van der Waals surface area contributed by atoms with Crippen LogP contribution >= 0.6 is 23.5 Å². The van der Waals surface area contributed by atoms with Crippen LogP contribution in [0.4, 0.5) is 13.2 Å². The number of likely N-dealkylation sites (N-methyl/N-ethyl adjacent to an activating group) is 1. The second-order valence-electron chi connectivity index (χ2n) is 6.68. The minimum Gasteiger partial charge on any atom is -0.360 e. The van der Waals surface area contributed by atoms with Crippen molar-refractivity contribution in [2.45, 2.75) is 29.8 Å². The number of halogens is 3. The zero-order valence-electron chi connectivity index (χ0n) is 16.4. The summed E-state index contributed by atoms with van der Waals surface area (Å²) in [7, 11) is 1.67. The average Bonchev–Trinajstić information content (AvgIpc) is 3.35. The molecule has 0 radical (unpaired) electrons. The number of carbonyl (C=O) groups is 1. The van der Waals surface area contributed by atoms with Crippen LogP contribution < -0.4 is 5.32 Å². The maximum atomic E-state index is 12.7. The molecule has 1 aromatic heterocycles. The number of amides is 1. The van der Waals surface area contributed by atoms with E-state index in [1.54, 1.807) is 24.1 Å². The van der Waals surface area contributed by atoms with Crippen LogP contribution in [0.25, 0.3) is 0 Å². The molecule has 162 valence electrons. The minimum absolute atomic E-state index is 0.106. The first-order valence-electron chi connectivity index (χ1n) is 9.14. The molecule has 0 bridgehead atoms. The van der Waals surface area contributed by atoms with Crippen LogP contribution in [0.2, 0.25) is 0 Å². The number of rotatable bonds is 7. The molecule has 0 spiro atoms. The number of amidine groups is 1. The lowest BCUT2D eigenvalue weighted by Gasteiger charge is -2.18. The summed E-state index contributed by atoms with van der Waals surface area (Å²) in [5.74, 6) is 0.923. The van der Waals surface area contributed by atoms with E-state index in [0.717, 1.165) is 28.1 Å². The van der Waals surface area contributed by atoms with Gasteiger partial charge in [0.15, 0.2) is 11.2 Å². The highest BCUT2D eigenvalue weighted by Crippen LogP contribution is 2.32. The summed E-state index contributed by atoms with van der Waals surface area (Å²) in [5.41, 5.74) is 1.33. The van der Waals surface area contributed by atoms with E-state index in [-0.39, 0.29) is 18.2 Å². The van der Waals surface area contributed by atoms with E-state index in [1.165, 1.54) is 11.8 Å². The number of aromatic nitrogens is 1. The number of hydrogen-bond donors (Lipinski definition) is 1. The standard InChI is InChI=1S/C19H21F3N4O2S2/c1-12-9-13(28-25-12)10-29-15-6-4-3-5-14(15)17(27)23-7-8-26(2)18-24-16(11-30-18)19(20,21)22/h3-6,9,16H,7-8,10-11H2,1-2H3,(H,23,27). The SMILES string of the molecule is Cc1cc(CSc2ccccc2C(=O)NCCN(C)C2=NC(C(F)(F)F)CS2)on1. The van der Waals surface area contributed by atoms with Crippen LogP contribution in [0.5, 0.6) is 0 Å². The van der Waals surface area contributed by atoms with E-state index in [0.29, 0.717) is 23.0 Å². The van der Waals surface area contributed by atoms with Gasteiger partial charge in [-0.3, -0.25) is 4.79 Å². The Morgan fingerprint density at radius 2 is 2.17 bits per heavy atom. The van der Waals surface area contributed by atoms with Gasteiger partial charge < -0.3 is 14.7 Å². The van der Waals surface area contributed by atoms with Gasteiger partial charge >= 0.3 is 6.18 Å². The summed E-state index contributed by atoms with van der Waals surface area (Å²) in [6.07, 6.45) is -4.32. The highest BCUT2D eigenvalue weighted by Gasteiger charge is 2.43. The molecule has 6 nitrogen and oxygen atoms in total. The molecule has 30 heavy (non-hydrogen) atoms. The van der Waals surface area contributed by atoms with Crippen LogP contribution in [0, 0.1) is 6.92 Å². The first-order chi connectivity index (χ1) is 14.2. The molecule has 3 rings (SSSR count). The zero-order valence-corrected chi connectivity index (χ0v) is 18.0. The maximum Gasteiger partial charge on any atom is 0.411 e. The van der Waals surface area contributed by atoms with Crippen molar-refractivity contribution in [3.8, 4) is 0 Å². The van der Waals surface area contributed by atoms with Crippen molar-refractivity contribution in [1.82, 2.24) is 15.4 Å². The molecule has 2 heterocycles. The van der Waals surface area contributed by atoms with E-state index in [2.05, 4.69) is 15.5 Å². The van der Waals surface area contributed by atoms with Crippen molar-refractivity contribution in [1.29, 1.82) is 0 Å². The summed E-state index contributed by atoms with van der Waals surface area (Å²) in [6, 6.07) is 7.41. The van der Waals surface area contributed by atoms with E-state index < -0.39 is 12.2 Å². The molecule has 1 aromatic carbocycles. The third kappa shape index (κ3) is 5.94. The number of nitrogens with zero attached hydrogens (tertiary/aromatic N) is 3. The molecular formula is C19H21F3N4O2S2. The number of aryl methyl sites for hydroxylation is 1. The van der Waals surface area contributed by atoms with Gasteiger partial charge in [-0.15, -0.1) is 11.8 Å². The van der Waals surface area contributed by atoms with Crippen molar-refractivity contribution >= 4 is 34.6 Å². The van der Waals surface area contributed by atoms with Crippen molar-refractivity contribution in [3.63, 3.8) is 0 Å². The molecule has 0 saturated heterocycles. The molecule has 0 fully saturated rings. The fourth-order valence-electron chi connectivity index (χ4n) is 2.68. The van der Waals surface area contributed by atoms with Crippen molar-refractivity contribution in [2.24, 2.45) is 4.99 Å². The van der Waals surface area contributed by atoms with Gasteiger partial charge in [0, 0.05) is 36.9 Å². The van der Waals surface area contributed by atoms with Crippen LogP contribution in [-0.4, -0.2) is 59.2 Å². The van der Waals surface area contributed by atoms with Gasteiger partial charge in [0.05, 0.1) is 17.0 Å². The molecule has 1 amide bonds. The molecule has 1 aliphatic heterocycles. The lowest BCUT2D eigenvalue weighted by molar-refractivity contribution is -0.141. The third-order valence-corrected chi connectivity index (χ3v) is 6.51. The summed E-state index contributed by atoms with van der Waals surface area (Å²) in [5, 5.41) is 7.01. The first-order valence-corrected chi connectivity index (χ1v) is 11.1. The van der Waals surface area contributed by atoms with Crippen molar-refractivity contribution < 1.29 is 22.5 Å². The quantitative estimate of drug-likeness (QED) is 0.633. The van der Waals surface area contributed by atoms with Crippen molar-refractivity contribution in [3.05, 3.63) is 47.3 Å². The Morgan fingerprint density at radius 3 is 2.83 bits per heavy atom. The number of aliphatic imine (C=N–C) groups is 1. The van der Waals surface area contributed by atoms with Crippen LogP contribution in [0.15, 0.2) is 44.7 Å².